The van der Waals surface area contributed by atoms with Crippen LogP contribution in [0.1, 0.15) is 0 Å². The molecule has 0 saturated carbocycles. The molecule has 10 heteroatoms. The van der Waals surface area contributed by atoms with Crippen molar-refractivity contribution < 1.29 is 27.1 Å². The number of carbonyl (C=O) groups excluding carboxylic acids is 1. The van der Waals surface area contributed by atoms with Crippen molar-refractivity contribution in [1.29, 1.82) is 5.26 Å². The van der Waals surface area contributed by atoms with E-state index in [0.717, 1.165) is 24.3 Å². The highest BCUT2D eigenvalue weighted by Crippen LogP contribution is 2.26. The predicted molar refractivity (Wildman–Crippen MR) is 61.8 cm³/mol. The largest absolute Gasteiger partial charge is 0.457 e. The zero-order valence-corrected chi connectivity index (χ0v) is 10.1. The number of ether oxygens (including phenoxy) is 1. The number of carbonyl (C=O) groups is 1. The summed E-state index contributed by atoms with van der Waals surface area (Å²) in [6, 6.07) is 3.75. The van der Waals surface area contributed by atoms with Crippen LogP contribution in [0.5, 0.6) is 5.75 Å². The standard InChI is InChI=1S/C11H7F4N3O3/c12-10(11(13,14)15)21-7-3-1-6(2-4-7)17-9(19)8(5-16)18-20/h1-4,8,10H,(H,17,19). The quantitative estimate of drug-likeness (QED) is 0.668. The topological polar surface area (TPSA) is 91.5 Å². The number of nitroso groups, excluding NO2 is 1. The molecule has 21 heavy (non-hydrogen) atoms. The number of hydrogen-bond acceptors (Lipinski definition) is 5. The molecule has 1 rings (SSSR count). The van der Waals surface area contributed by atoms with E-state index in [1.165, 1.54) is 6.07 Å². The molecule has 1 aromatic rings. The highest BCUT2D eigenvalue weighted by molar-refractivity contribution is 5.96. The Morgan fingerprint density at radius 3 is 2.33 bits per heavy atom. The highest BCUT2D eigenvalue weighted by Gasteiger charge is 2.42. The second-order valence-electron chi connectivity index (χ2n) is 3.63. The fraction of sp³-hybridized carbons (Fsp3) is 0.273. The molecule has 0 aliphatic heterocycles. The molecule has 0 fully saturated rings. The van der Waals surface area contributed by atoms with Gasteiger partial charge >= 0.3 is 12.5 Å². The lowest BCUT2D eigenvalue weighted by atomic mass is 10.2. The molecular formula is C11H7F4N3O3. The fourth-order valence-corrected chi connectivity index (χ4v) is 1.14. The summed E-state index contributed by atoms with van der Waals surface area (Å²) in [4.78, 5) is 21.4. The second-order valence-corrected chi connectivity index (χ2v) is 3.63. The Kier molecular flexibility index (Phi) is 5.18. The molecule has 0 spiro atoms. The van der Waals surface area contributed by atoms with Gasteiger partial charge in [-0.25, -0.2) is 0 Å². The molecule has 0 aromatic heterocycles. The number of rotatable bonds is 5. The number of halogens is 4. The smallest absolute Gasteiger partial charge is 0.452 e. The molecule has 0 radical (unpaired) electrons. The summed E-state index contributed by atoms with van der Waals surface area (Å²) in [5.74, 6) is -1.41. The molecule has 1 aromatic carbocycles. The first-order chi connectivity index (χ1) is 9.77. The van der Waals surface area contributed by atoms with Crippen molar-refractivity contribution in [3.8, 4) is 11.8 Å². The Hall–Kier alpha value is -2.70. The molecule has 112 valence electrons. The summed E-state index contributed by atoms with van der Waals surface area (Å²) >= 11 is 0. The molecule has 1 N–H and O–H groups in total. The number of nitrogens with one attached hydrogen (secondary N) is 1. The van der Waals surface area contributed by atoms with E-state index in [9.17, 15) is 27.3 Å². The average Bonchev–Trinajstić information content (AvgIpc) is 2.41. The minimum absolute atomic E-state index is 0.0682. The van der Waals surface area contributed by atoms with Gasteiger partial charge in [-0.15, -0.1) is 4.91 Å². The molecule has 6 nitrogen and oxygen atoms in total. The van der Waals surface area contributed by atoms with Crippen molar-refractivity contribution in [2.45, 2.75) is 18.6 Å². The van der Waals surface area contributed by atoms with Crippen LogP contribution in [-0.2, 0) is 4.79 Å². The van der Waals surface area contributed by atoms with Crippen LogP contribution in [0, 0.1) is 16.2 Å². The SMILES string of the molecule is N#CC(N=O)C(=O)Nc1ccc(OC(F)C(F)(F)F)cc1. The molecule has 0 aliphatic rings. The third kappa shape index (κ3) is 4.72. The maximum atomic E-state index is 12.6. The van der Waals surface area contributed by atoms with Crippen molar-refractivity contribution in [3.05, 3.63) is 29.2 Å². The number of nitriles is 1. The zero-order valence-electron chi connectivity index (χ0n) is 10.1. The van der Waals surface area contributed by atoms with Gasteiger partial charge in [0.1, 0.15) is 11.8 Å². The zero-order chi connectivity index (χ0) is 16.0. The van der Waals surface area contributed by atoms with E-state index in [4.69, 9.17) is 5.26 Å². The summed E-state index contributed by atoms with van der Waals surface area (Å²) in [5, 5.41) is 12.8. The monoisotopic (exact) mass is 305 g/mol. The van der Waals surface area contributed by atoms with E-state index in [2.05, 4.69) is 15.2 Å². The van der Waals surface area contributed by atoms with Crippen molar-refractivity contribution in [2.75, 3.05) is 5.32 Å². The Balaban J connectivity index is 2.69. The molecule has 0 saturated heterocycles. The lowest BCUT2D eigenvalue weighted by Gasteiger charge is -2.14. The number of hydrogen-bond donors (Lipinski definition) is 1. The maximum Gasteiger partial charge on any atom is 0.457 e. The molecular weight excluding hydrogens is 298 g/mol. The highest BCUT2D eigenvalue weighted by atomic mass is 19.4. The van der Waals surface area contributed by atoms with E-state index >= 15 is 0 Å². The van der Waals surface area contributed by atoms with Crippen molar-refractivity contribution in [1.82, 2.24) is 0 Å². The molecule has 0 aliphatic carbocycles. The van der Waals surface area contributed by atoms with Gasteiger partial charge in [-0.2, -0.15) is 22.8 Å². The van der Waals surface area contributed by atoms with Crippen LogP contribution in [0.15, 0.2) is 29.4 Å². The van der Waals surface area contributed by atoms with Gasteiger partial charge in [0.15, 0.2) is 0 Å². The van der Waals surface area contributed by atoms with Crippen molar-refractivity contribution >= 4 is 11.6 Å². The number of benzene rings is 1. The van der Waals surface area contributed by atoms with Crippen LogP contribution in [-0.4, -0.2) is 24.5 Å². The fourth-order valence-electron chi connectivity index (χ4n) is 1.14. The van der Waals surface area contributed by atoms with Crippen LogP contribution in [0.2, 0.25) is 0 Å². The summed E-state index contributed by atoms with van der Waals surface area (Å²) in [7, 11) is 0. The molecule has 0 heterocycles. The third-order valence-electron chi connectivity index (χ3n) is 2.09. The van der Waals surface area contributed by atoms with Gasteiger partial charge in [-0.3, -0.25) is 4.79 Å². The van der Waals surface area contributed by atoms with E-state index < -0.39 is 30.2 Å². The van der Waals surface area contributed by atoms with Gasteiger partial charge in [0.2, 0.25) is 0 Å². The Morgan fingerprint density at radius 1 is 1.33 bits per heavy atom. The van der Waals surface area contributed by atoms with Crippen LogP contribution < -0.4 is 10.1 Å². The molecule has 0 bridgehead atoms. The van der Waals surface area contributed by atoms with Crippen molar-refractivity contribution in [3.63, 3.8) is 0 Å². The first-order valence-corrected chi connectivity index (χ1v) is 5.28. The molecule has 2 atom stereocenters. The normalized spacial score (nSPS) is 13.7. The summed E-state index contributed by atoms with van der Waals surface area (Å²) in [6.07, 6.45) is -8.62. The Labute approximate surface area is 115 Å². The van der Waals surface area contributed by atoms with Gasteiger partial charge in [0.05, 0.1) is 0 Å². The lowest BCUT2D eigenvalue weighted by Crippen LogP contribution is -2.29. The Morgan fingerprint density at radius 2 is 1.90 bits per heavy atom. The minimum Gasteiger partial charge on any atom is -0.452 e. The van der Waals surface area contributed by atoms with E-state index in [-0.39, 0.29) is 5.69 Å². The summed E-state index contributed by atoms with van der Waals surface area (Å²) in [6.45, 7) is 0. The number of alkyl halides is 4. The van der Waals surface area contributed by atoms with Crippen LogP contribution in [0.4, 0.5) is 23.2 Å². The van der Waals surface area contributed by atoms with Gasteiger partial charge < -0.3 is 10.1 Å². The number of anilines is 1. The first-order valence-electron chi connectivity index (χ1n) is 5.28. The number of nitrogens with zero attached hydrogens (tertiary/aromatic N) is 2. The van der Waals surface area contributed by atoms with E-state index in [1.807, 2.05) is 0 Å². The van der Waals surface area contributed by atoms with Gasteiger partial charge in [-0.1, -0.05) is 0 Å². The van der Waals surface area contributed by atoms with Gasteiger partial charge in [0, 0.05) is 5.69 Å². The van der Waals surface area contributed by atoms with Gasteiger partial charge in [0.25, 0.3) is 11.9 Å². The lowest BCUT2D eigenvalue weighted by molar-refractivity contribution is -0.236. The predicted octanol–water partition coefficient (Wildman–Crippen LogP) is 2.52. The third-order valence-corrected chi connectivity index (χ3v) is 2.09. The molecule has 2 unspecified atom stereocenters. The average molecular weight is 305 g/mol. The van der Waals surface area contributed by atoms with E-state index in [0.29, 0.717) is 0 Å². The number of amides is 1. The van der Waals surface area contributed by atoms with Gasteiger partial charge in [-0.05, 0) is 29.4 Å². The minimum atomic E-state index is -5.15. The maximum absolute atomic E-state index is 12.6. The summed E-state index contributed by atoms with van der Waals surface area (Å²) < 4.78 is 52.4. The summed E-state index contributed by atoms with van der Waals surface area (Å²) in [5.41, 5.74) is 0.0682. The molecule has 1 amide bonds. The Bertz CT molecular complexity index is 553. The van der Waals surface area contributed by atoms with Crippen molar-refractivity contribution in [2.24, 2.45) is 5.18 Å². The van der Waals surface area contributed by atoms with Crippen LogP contribution in [0.3, 0.4) is 0 Å². The first kappa shape index (κ1) is 16.4. The van der Waals surface area contributed by atoms with Crippen LogP contribution in [0.25, 0.3) is 0 Å². The second kappa shape index (κ2) is 6.65. The van der Waals surface area contributed by atoms with E-state index in [1.54, 1.807) is 0 Å². The van der Waals surface area contributed by atoms with Crippen LogP contribution >= 0.6 is 0 Å².